The van der Waals surface area contributed by atoms with Crippen molar-refractivity contribution in [2.75, 3.05) is 0 Å². The molecular weight excluding hydrogens is 248 g/mol. The van der Waals surface area contributed by atoms with Gasteiger partial charge in [0.15, 0.2) is 0 Å². The number of furan rings is 1. The first-order chi connectivity index (χ1) is 9.66. The number of rotatable bonds is 3. The SMILES string of the molecule is CC(C)C(O)c1cc2cccc(-c3ccccc3)c2o1. The van der Waals surface area contributed by atoms with E-state index in [0.29, 0.717) is 5.76 Å². The lowest BCUT2D eigenvalue weighted by atomic mass is 10.0. The van der Waals surface area contributed by atoms with E-state index in [0.717, 1.165) is 22.1 Å². The lowest BCUT2D eigenvalue weighted by Gasteiger charge is -2.10. The van der Waals surface area contributed by atoms with Crippen LogP contribution < -0.4 is 0 Å². The van der Waals surface area contributed by atoms with E-state index in [1.807, 2.05) is 56.3 Å². The van der Waals surface area contributed by atoms with E-state index < -0.39 is 6.10 Å². The van der Waals surface area contributed by atoms with E-state index in [4.69, 9.17) is 4.42 Å². The molecule has 1 atom stereocenters. The van der Waals surface area contributed by atoms with Crippen LogP contribution in [0.1, 0.15) is 25.7 Å². The fourth-order valence-electron chi connectivity index (χ4n) is 2.40. The van der Waals surface area contributed by atoms with Gasteiger partial charge in [-0.25, -0.2) is 0 Å². The van der Waals surface area contributed by atoms with E-state index >= 15 is 0 Å². The molecule has 0 bridgehead atoms. The van der Waals surface area contributed by atoms with Gasteiger partial charge in [0, 0.05) is 10.9 Å². The van der Waals surface area contributed by atoms with Crippen molar-refractivity contribution >= 4 is 11.0 Å². The highest BCUT2D eigenvalue weighted by Gasteiger charge is 2.18. The highest BCUT2D eigenvalue weighted by Crippen LogP contribution is 2.34. The summed E-state index contributed by atoms with van der Waals surface area (Å²) in [4.78, 5) is 0. The van der Waals surface area contributed by atoms with Crippen molar-refractivity contribution < 1.29 is 9.52 Å². The molecule has 3 aromatic rings. The number of hydrogen-bond acceptors (Lipinski definition) is 2. The van der Waals surface area contributed by atoms with Crippen LogP contribution in [0.2, 0.25) is 0 Å². The van der Waals surface area contributed by atoms with Gasteiger partial charge in [0.25, 0.3) is 0 Å². The second-order valence-electron chi connectivity index (χ2n) is 5.43. The van der Waals surface area contributed by atoms with Crippen LogP contribution in [0.25, 0.3) is 22.1 Å². The summed E-state index contributed by atoms with van der Waals surface area (Å²) in [6.45, 7) is 3.96. The Morgan fingerprint density at radius 3 is 2.40 bits per heavy atom. The minimum absolute atomic E-state index is 0.135. The van der Waals surface area contributed by atoms with Crippen LogP contribution in [-0.4, -0.2) is 5.11 Å². The summed E-state index contributed by atoms with van der Waals surface area (Å²) >= 11 is 0. The fraction of sp³-hybridized carbons (Fsp3) is 0.222. The van der Waals surface area contributed by atoms with Gasteiger partial charge >= 0.3 is 0 Å². The average molecular weight is 266 g/mol. The topological polar surface area (TPSA) is 33.4 Å². The molecule has 2 aromatic carbocycles. The molecule has 0 fully saturated rings. The van der Waals surface area contributed by atoms with Gasteiger partial charge in [0.2, 0.25) is 0 Å². The van der Waals surface area contributed by atoms with Crippen LogP contribution in [0.4, 0.5) is 0 Å². The number of benzene rings is 2. The third kappa shape index (κ3) is 2.23. The van der Waals surface area contributed by atoms with Gasteiger partial charge in [-0.15, -0.1) is 0 Å². The molecule has 20 heavy (non-hydrogen) atoms. The first kappa shape index (κ1) is 12.9. The van der Waals surface area contributed by atoms with E-state index in [9.17, 15) is 5.11 Å². The fourth-order valence-corrected chi connectivity index (χ4v) is 2.40. The molecule has 1 N–H and O–H groups in total. The maximum Gasteiger partial charge on any atom is 0.142 e. The summed E-state index contributed by atoms with van der Waals surface area (Å²) in [5, 5.41) is 11.2. The van der Waals surface area contributed by atoms with E-state index in [-0.39, 0.29) is 5.92 Å². The number of fused-ring (bicyclic) bond motifs is 1. The number of para-hydroxylation sites is 1. The molecule has 0 amide bonds. The molecule has 3 rings (SSSR count). The Morgan fingerprint density at radius 2 is 1.70 bits per heavy atom. The van der Waals surface area contributed by atoms with Crippen molar-refractivity contribution in [1.29, 1.82) is 0 Å². The lowest BCUT2D eigenvalue weighted by Crippen LogP contribution is -2.03. The van der Waals surface area contributed by atoms with E-state index in [1.54, 1.807) is 0 Å². The van der Waals surface area contributed by atoms with Gasteiger partial charge in [0.05, 0.1) is 0 Å². The van der Waals surface area contributed by atoms with Gasteiger partial charge < -0.3 is 9.52 Å². The first-order valence-corrected chi connectivity index (χ1v) is 6.93. The zero-order valence-electron chi connectivity index (χ0n) is 11.7. The van der Waals surface area contributed by atoms with Crippen LogP contribution in [0.15, 0.2) is 59.0 Å². The molecule has 1 unspecified atom stereocenters. The molecule has 0 aliphatic rings. The Morgan fingerprint density at radius 1 is 0.950 bits per heavy atom. The maximum absolute atomic E-state index is 10.2. The molecule has 0 spiro atoms. The second-order valence-corrected chi connectivity index (χ2v) is 5.43. The first-order valence-electron chi connectivity index (χ1n) is 6.93. The minimum Gasteiger partial charge on any atom is -0.458 e. The van der Waals surface area contributed by atoms with Crippen LogP contribution in [0, 0.1) is 5.92 Å². The number of aliphatic hydroxyl groups is 1. The van der Waals surface area contributed by atoms with Crippen molar-refractivity contribution in [1.82, 2.24) is 0 Å². The number of hydrogen-bond donors (Lipinski definition) is 1. The van der Waals surface area contributed by atoms with Crippen molar-refractivity contribution in [3.05, 3.63) is 60.4 Å². The average Bonchev–Trinajstić information content (AvgIpc) is 2.91. The van der Waals surface area contributed by atoms with Crippen molar-refractivity contribution in [3.8, 4) is 11.1 Å². The predicted octanol–water partition coefficient (Wildman–Crippen LogP) is 4.79. The standard InChI is InChI=1S/C18H18O2/c1-12(2)17(19)16-11-14-9-6-10-15(18(14)20-16)13-7-4-3-5-8-13/h3-12,17,19H,1-2H3. The summed E-state index contributed by atoms with van der Waals surface area (Å²) in [6, 6.07) is 18.2. The molecule has 2 nitrogen and oxygen atoms in total. The minimum atomic E-state index is -0.564. The van der Waals surface area contributed by atoms with Crippen molar-refractivity contribution in [2.24, 2.45) is 5.92 Å². The molecule has 102 valence electrons. The zero-order chi connectivity index (χ0) is 14.1. The molecule has 0 radical (unpaired) electrons. The largest absolute Gasteiger partial charge is 0.458 e. The normalized spacial score (nSPS) is 13.0. The zero-order valence-corrected chi connectivity index (χ0v) is 11.7. The molecular formula is C18H18O2. The predicted molar refractivity (Wildman–Crippen MR) is 81.4 cm³/mol. The van der Waals surface area contributed by atoms with Crippen LogP contribution in [0.3, 0.4) is 0 Å². The highest BCUT2D eigenvalue weighted by molar-refractivity contribution is 5.92. The summed E-state index contributed by atoms with van der Waals surface area (Å²) in [7, 11) is 0. The Balaban J connectivity index is 2.15. The summed E-state index contributed by atoms with van der Waals surface area (Å²) < 4.78 is 5.93. The Labute approximate surface area is 118 Å². The highest BCUT2D eigenvalue weighted by atomic mass is 16.4. The lowest BCUT2D eigenvalue weighted by molar-refractivity contribution is 0.104. The third-order valence-corrected chi connectivity index (χ3v) is 3.57. The van der Waals surface area contributed by atoms with E-state index in [2.05, 4.69) is 12.1 Å². The van der Waals surface area contributed by atoms with Gasteiger partial charge in [0.1, 0.15) is 17.4 Å². The molecule has 1 aromatic heterocycles. The number of aliphatic hydroxyl groups excluding tert-OH is 1. The molecule has 1 heterocycles. The van der Waals surface area contributed by atoms with Gasteiger partial charge in [-0.2, -0.15) is 0 Å². The Kier molecular flexibility index (Phi) is 3.33. The Hall–Kier alpha value is -2.06. The van der Waals surface area contributed by atoms with Crippen molar-refractivity contribution in [3.63, 3.8) is 0 Å². The van der Waals surface area contributed by atoms with Gasteiger partial charge in [-0.05, 0) is 17.5 Å². The summed E-state index contributed by atoms with van der Waals surface area (Å²) in [5.74, 6) is 0.772. The molecule has 0 saturated carbocycles. The van der Waals surface area contributed by atoms with Gasteiger partial charge in [-0.1, -0.05) is 62.4 Å². The van der Waals surface area contributed by atoms with Crippen LogP contribution >= 0.6 is 0 Å². The molecule has 0 aliphatic carbocycles. The molecule has 2 heteroatoms. The third-order valence-electron chi connectivity index (χ3n) is 3.57. The Bertz CT molecular complexity index is 711. The summed E-state index contributed by atoms with van der Waals surface area (Å²) in [5.41, 5.74) is 3.02. The van der Waals surface area contributed by atoms with Crippen LogP contribution in [-0.2, 0) is 0 Å². The monoisotopic (exact) mass is 266 g/mol. The smallest absolute Gasteiger partial charge is 0.142 e. The van der Waals surface area contributed by atoms with Crippen LogP contribution in [0.5, 0.6) is 0 Å². The maximum atomic E-state index is 10.2. The summed E-state index contributed by atoms with van der Waals surface area (Å²) in [6.07, 6.45) is -0.564. The van der Waals surface area contributed by atoms with E-state index in [1.165, 1.54) is 0 Å². The van der Waals surface area contributed by atoms with Crippen molar-refractivity contribution in [2.45, 2.75) is 20.0 Å². The molecule has 0 saturated heterocycles. The second kappa shape index (κ2) is 5.14. The van der Waals surface area contributed by atoms with Gasteiger partial charge in [-0.3, -0.25) is 0 Å². The quantitative estimate of drug-likeness (QED) is 0.739. The molecule has 0 aliphatic heterocycles.